The van der Waals surface area contributed by atoms with Gasteiger partial charge in [-0.15, -0.1) is 10.2 Å². The van der Waals surface area contributed by atoms with Crippen LogP contribution in [0.5, 0.6) is 0 Å². The molecule has 0 fully saturated rings. The van der Waals surface area contributed by atoms with Crippen LogP contribution in [0.1, 0.15) is 19.4 Å². The van der Waals surface area contributed by atoms with E-state index in [0.717, 1.165) is 0 Å². The first-order valence-corrected chi connectivity index (χ1v) is 6.32. The van der Waals surface area contributed by atoms with Crippen LogP contribution >= 0.6 is 0 Å². The second-order valence-corrected chi connectivity index (χ2v) is 4.51. The van der Waals surface area contributed by atoms with Gasteiger partial charge in [0.05, 0.1) is 11.1 Å². The van der Waals surface area contributed by atoms with Crippen LogP contribution in [0, 0.1) is 11.3 Å². The zero-order chi connectivity index (χ0) is 16.3. The SMILES string of the molecule is CC(=O)/C(N=Nc1cc(C#N)c2ccccn2c1=O)=C(\C)O. The fraction of sp³-hybridized carbons (Fsp3) is 0.133. The van der Waals surface area contributed by atoms with Crippen LogP contribution in [0.3, 0.4) is 0 Å². The Labute approximate surface area is 125 Å². The summed E-state index contributed by atoms with van der Waals surface area (Å²) < 4.78 is 1.27. The zero-order valence-corrected chi connectivity index (χ0v) is 11.9. The summed E-state index contributed by atoms with van der Waals surface area (Å²) in [6.45, 7) is 2.52. The van der Waals surface area contributed by atoms with Crippen molar-refractivity contribution in [1.82, 2.24) is 4.40 Å². The summed E-state index contributed by atoms with van der Waals surface area (Å²) in [4.78, 5) is 23.6. The Bertz CT molecular complexity index is 913. The van der Waals surface area contributed by atoms with E-state index < -0.39 is 11.3 Å². The molecule has 0 saturated heterocycles. The summed E-state index contributed by atoms with van der Waals surface area (Å²) >= 11 is 0. The van der Waals surface area contributed by atoms with Crippen molar-refractivity contribution in [1.29, 1.82) is 5.26 Å². The van der Waals surface area contributed by atoms with Crippen molar-refractivity contribution in [3.63, 3.8) is 0 Å². The third-order valence-corrected chi connectivity index (χ3v) is 2.91. The number of hydrogen-bond acceptors (Lipinski definition) is 6. The van der Waals surface area contributed by atoms with Crippen molar-refractivity contribution < 1.29 is 9.90 Å². The average Bonchev–Trinajstić information content (AvgIpc) is 2.49. The minimum Gasteiger partial charge on any atom is -0.510 e. The van der Waals surface area contributed by atoms with Crippen LogP contribution in [0.2, 0.25) is 0 Å². The summed E-state index contributed by atoms with van der Waals surface area (Å²) in [6, 6.07) is 8.28. The normalized spacial score (nSPS) is 12.2. The number of ketones is 1. The number of fused-ring (bicyclic) bond motifs is 1. The maximum Gasteiger partial charge on any atom is 0.282 e. The van der Waals surface area contributed by atoms with Crippen LogP contribution in [0.4, 0.5) is 5.69 Å². The lowest BCUT2D eigenvalue weighted by Gasteiger charge is -2.03. The number of allylic oxidation sites excluding steroid dienone is 2. The van der Waals surface area contributed by atoms with Gasteiger partial charge in [-0.1, -0.05) is 6.07 Å². The Morgan fingerprint density at radius 3 is 2.68 bits per heavy atom. The van der Waals surface area contributed by atoms with Crippen molar-refractivity contribution in [3.05, 3.63) is 57.8 Å². The fourth-order valence-corrected chi connectivity index (χ4v) is 1.90. The Balaban J connectivity index is 2.66. The molecule has 22 heavy (non-hydrogen) atoms. The number of pyridine rings is 2. The van der Waals surface area contributed by atoms with Gasteiger partial charge in [0.1, 0.15) is 11.8 Å². The molecule has 0 radical (unpaired) electrons. The maximum atomic E-state index is 12.3. The van der Waals surface area contributed by atoms with E-state index in [0.29, 0.717) is 5.52 Å². The van der Waals surface area contributed by atoms with Gasteiger partial charge in [0.15, 0.2) is 17.2 Å². The Hall–Kier alpha value is -3.27. The van der Waals surface area contributed by atoms with E-state index in [4.69, 9.17) is 5.26 Å². The average molecular weight is 296 g/mol. The minimum absolute atomic E-state index is 0.0970. The molecule has 0 bridgehead atoms. The minimum atomic E-state index is -0.481. The predicted octanol–water partition coefficient (Wildman–Crippen LogP) is 2.63. The first-order chi connectivity index (χ1) is 10.5. The number of Topliss-reactive ketones (excluding diaryl/α,β-unsaturated/α-hetero) is 1. The summed E-state index contributed by atoms with van der Waals surface area (Å²) in [5.74, 6) is -0.775. The van der Waals surface area contributed by atoms with Crippen molar-refractivity contribution >= 4 is 17.0 Å². The van der Waals surface area contributed by atoms with Gasteiger partial charge in [0.25, 0.3) is 5.56 Å². The number of nitrogens with zero attached hydrogens (tertiary/aromatic N) is 4. The van der Waals surface area contributed by atoms with Crippen LogP contribution < -0.4 is 5.56 Å². The number of azo groups is 1. The Morgan fingerprint density at radius 1 is 1.36 bits per heavy atom. The molecule has 0 spiro atoms. The molecule has 0 aliphatic carbocycles. The summed E-state index contributed by atoms with van der Waals surface area (Å²) in [6.07, 6.45) is 1.51. The number of carbonyl (C=O) groups is 1. The Morgan fingerprint density at radius 2 is 2.09 bits per heavy atom. The number of aliphatic hydroxyl groups is 1. The largest absolute Gasteiger partial charge is 0.510 e. The highest BCUT2D eigenvalue weighted by Crippen LogP contribution is 2.16. The molecular formula is C15H12N4O3. The molecule has 7 heteroatoms. The van der Waals surface area contributed by atoms with Gasteiger partial charge in [0.2, 0.25) is 0 Å². The molecule has 0 aliphatic heterocycles. The van der Waals surface area contributed by atoms with Crippen LogP contribution in [-0.2, 0) is 4.79 Å². The highest BCUT2D eigenvalue weighted by molar-refractivity contribution is 5.93. The molecule has 2 aromatic heterocycles. The smallest absolute Gasteiger partial charge is 0.282 e. The summed E-state index contributed by atoms with van der Waals surface area (Å²) in [5.41, 5.74) is -0.106. The van der Waals surface area contributed by atoms with E-state index in [2.05, 4.69) is 10.2 Å². The lowest BCUT2D eigenvalue weighted by Crippen LogP contribution is -2.13. The second-order valence-electron chi connectivity index (χ2n) is 4.51. The van der Waals surface area contributed by atoms with Crippen molar-refractivity contribution in [3.8, 4) is 6.07 Å². The van der Waals surface area contributed by atoms with Crippen molar-refractivity contribution in [2.45, 2.75) is 13.8 Å². The fourth-order valence-electron chi connectivity index (χ4n) is 1.90. The number of hydrogen-bond donors (Lipinski definition) is 1. The quantitative estimate of drug-likeness (QED) is 0.533. The number of aliphatic hydroxyl groups excluding tert-OH is 1. The second kappa shape index (κ2) is 6.01. The van der Waals surface area contributed by atoms with Gasteiger partial charge in [-0.3, -0.25) is 14.0 Å². The monoisotopic (exact) mass is 296 g/mol. The van der Waals surface area contributed by atoms with Gasteiger partial charge < -0.3 is 5.11 Å². The molecule has 0 unspecified atom stereocenters. The Kier molecular flexibility index (Phi) is 4.13. The first-order valence-electron chi connectivity index (χ1n) is 6.32. The maximum absolute atomic E-state index is 12.3. The van der Waals surface area contributed by atoms with Crippen molar-refractivity contribution in [2.75, 3.05) is 0 Å². The molecule has 110 valence electrons. The van der Waals surface area contributed by atoms with Crippen molar-refractivity contribution in [2.24, 2.45) is 10.2 Å². The highest BCUT2D eigenvalue weighted by Gasteiger charge is 2.10. The number of nitriles is 1. The third-order valence-electron chi connectivity index (χ3n) is 2.91. The number of aromatic nitrogens is 1. The standard InChI is InChI=1S/C15H12N4O3/c1-9(20)14(10(2)21)18-17-12-7-11(8-16)13-5-3-4-6-19(13)15(12)22/h3-7,20H,1-2H3/b14-9-,18-17?. The molecule has 0 atom stereocenters. The first kappa shape index (κ1) is 15.1. The summed E-state index contributed by atoms with van der Waals surface area (Å²) in [7, 11) is 0. The molecule has 0 aromatic carbocycles. The number of rotatable bonds is 3. The number of carbonyl (C=O) groups excluding carboxylic acids is 1. The molecule has 0 aliphatic rings. The molecule has 0 amide bonds. The molecule has 2 heterocycles. The van der Waals surface area contributed by atoms with E-state index in [9.17, 15) is 14.7 Å². The lowest BCUT2D eigenvalue weighted by molar-refractivity contribution is -0.113. The molecule has 2 rings (SSSR count). The predicted molar refractivity (Wildman–Crippen MR) is 78.9 cm³/mol. The van der Waals surface area contributed by atoms with Crippen LogP contribution in [0.25, 0.3) is 5.52 Å². The zero-order valence-electron chi connectivity index (χ0n) is 11.9. The van der Waals surface area contributed by atoms with E-state index in [-0.39, 0.29) is 22.7 Å². The molecule has 7 nitrogen and oxygen atoms in total. The molecular weight excluding hydrogens is 284 g/mol. The van der Waals surface area contributed by atoms with Crippen LogP contribution in [-0.4, -0.2) is 15.3 Å². The van der Waals surface area contributed by atoms with E-state index >= 15 is 0 Å². The van der Waals surface area contributed by atoms with Gasteiger partial charge in [-0.2, -0.15) is 5.26 Å². The topological polar surface area (TPSA) is 107 Å². The molecule has 2 aromatic rings. The van der Waals surface area contributed by atoms with E-state index in [1.54, 1.807) is 18.2 Å². The lowest BCUT2D eigenvalue weighted by atomic mass is 10.2. The van der Waals surface area contributed by atoms with E-state index in [1.165, 1.54) is 30.5 Å². The van der Waals surface area contributed by atoms with Gasteiger partial charge in [0, 0.05) is 13.1 Å². The van der Waals surface area contributed by atoms with E-state index in [1.807, 2.05) is 6.07 Å². The third kappa shape index (κ3) is 2.76. The van der Waals surface area contributed by atoms with Gasteiger partial charge in [-0.25, -0.2) is 0 Å². The van der Waals surface area contributed by atoms with Crippen LogP contribution in [0.15, 0.2) is 56.9 Å². The summed E-state index contributed by atoms with van der Waals surface area (Å²) in [5, 5.41) is 25.9. The van der Waals surface area contributed by atoms with Gasteiger partial charge >= 0.3 is 0 Å². The molecule has 1 N–H and O–H groups in total. The molecule has 0 saturated carbocycles. The van der Waals surface area contributed by atoms with Gasteiger partial charge in [-0.05, 0) is 25.1 Å². The highest BCUT2D eigenvalue weighted by atomic mass is 16.3.